The van der Waals surface area contributed by atoms with Crippen LogP contribution in [-0.2, 0) is 31.2 Å². The van der Waals surface area contributed by atoms with Gasteiger partial charge in [-0.2, -0.15) is 10.2 Å². The van der Waals surface area contributed by atoms with E-state index in [1.54, 1.807) is 37.1 Å². The second kappa shape index (κ2) is 13.3. The number of hydrogen-bond acceptors (Lipinski definition) is 6. The summed E-state index contributed by atoms with van der Waals surface area (Å²) in [5, 5.41) is 13.1. The third-order valence-electron chi connectivity index (χ3n) is 11.1. The first-order valence-corrected chi connectivity index (χ1v) is 17.7. The fourth-order valence-electron chi connectivity index (χ4n) is 8.92. The summed E-state index contributed by atoms with van der Waals surface area (Å²) in [5.41, 5.74) is 5.42. The maximum atomic E-state index is 14.6. The lowest BCUT2D eigenvalue weighted by Gasteiger charge is -2.45. The van der Waals surface area contributed by atoms with Gasteiger partial charge in [0.25, 0.3) is 6.43 Å². The van der Waals surface area contributed by atoms with Gasteiger partial charge in [0, 0.05) is 85.9 Å². The zero-order valence-corrected chi connectivity index (χ0v) is 28.4. The molecule has 7 rings (SSSR count). The minimum absolute atomic E-state index is 0.0177. The molecule has 47 heavy (non-hydrogen) atoms. The molecule has 3 aromatic rings. The molecule has 4 aliphatic rings. The molecule has 1 saturated heterocycles. The van der Waals surface area contributed by atoms with Crippen LogP contribution < -0.4 is 10.2 Å². The Balaban J connectivity index is 1.22. The van der Waals surface area contributed by atoms with Crippen molar-refractivity contribution in [2.45, 2.75) is 116 Å². The molecule has 0 bridgehead atoms. The molecule has 1 aliphatic carbocycles. The number of amides is 1. The van der Waals surface area contributed by atoms with Crippen molar-refractivity contribution in [3.8, 4) is 11.1 Å². The zero-order valence-electron chi connectivity index (χ0n) is 28.4. The van der Waals surface area contributed by atoms with Crippen molar-refractivity contribution in [1.82, 2.24) is 34.7 Å². The summed E-state index contributed by atoms with van der Waals surface area (Å²) in [7, 11) is 1.80. The predicted octanol–water partition coefficient (Wildman–Crippen LogP) is 6.16. The minimum Gasteiger partial charge on any atom is -0.338 e. The highest BCUT2D eigenvalue weighted by atomic mass is 19.3. The SMILES string of the molecule is CC(=O)N1CCc2c(c(N3CCCc4cc(-c5cnn(C)c5)c(C(F)F)cc43)nn2C2CCC(N(C(C)C)C3CCNCC3)CC2)C1. The van der Waals surface area contributed by atoms with Crippen LogP contribution in [0.15, 0.2) is 24.5 Å². The number of carbonyl (C=O) groups excluding carboxylic acids is 1. The number of aromatic nitrogens is 4. The molecule has 254 valence electrons. The number of piperidine rings is 1. The Kier molecular flexibility index (Phi) is 9.13. The average molecular weight is 649 g/mol. The quantitative estimate of drug-likeness (QED) is 0.331. The number of hydrogen-bond donors (Lipinski definition) is 1. The fraction of sp³-hybridized carbons (Fsp3) is 0.639. The molecule has 0 radical (unpaired) electrons. The van der Waals surface area contributed by atoms with Gasteiger partial charge in [-0.3, -0.25) is 19.1 Å². The normalized spacial score (nSPS) is 22.3. The van der Waals surface area contributed by atoms with E-state index in [9.17, 15) is 13.6 Å². The van der Waals surface area contributed by atoms with Gasteiger partial charge >= 0.3 is 0 Å². The number of rotatable bonds is 7. The molecule has 1 amide bonds. The highest BCUT2D eigenvalue weighted by Gasteiger charge is 2.37. The first-order chi connectivity index (χ1) is 22.7. The van der Waals surface area contributed by atoms with Gasteiger partial charge in [-0.25, -0.2) is 8.78 Å². The van der Waals surface area contributed by atoms with Gasteiger partial charge in [0.15, 0.2) is 5.82 Å². The van der Waals surface area contributed by atoms with Gasteiger partial charge in [-0.15, -0.1) is 0 Å². The van der Waals surface area contributed by atoms with Crippen molar-refractivity contribution in [2.24, 2.45) is 7.05 Å². The number of anilines is 2. The maximum absolute atomic E-state index is 14.6. The Labute approximate surface area is 277 Å². The lowest BCUT2D eigenvalue weighted by Crippen LogP contribution is -2.52. The summed E-state index contributed by atoms with van der Waals surface area (Å²) in [5.74, 6) is 0.892. The molecule has 0 spiro atoms. The van der Waals surface area contributed by atoms with Crippen LogP contribution in [0.5, 0.6) is 0 Å². The van der Waals surface area contributed by atoms with E-state index >= 15 is 0 Å². The Hall–Kier alpha value is -3.31. The van der Waals surface area contributed by atoms with E-state index in [1.165, 1.54) is 18.5 Å². The zero-order chi connectivity index (χ0) is 32.8. The largest absolute Gasteiger partial charge is 0.338 e. The Morgan fingerprint density at radius 3 is 2.43 bits per heavy atom. The van der Waals surface area contributed by atoms with E-state index in [4.69, 9.17) is 5.10 Å². The van der Waals surface area contributed by atoms with E-state index in [2.05, 4.69) is 38.7 Å². The highest BCUT2D eigenvalue weighted by Crippen LogP contribution is 2.44. The molecule has 1 aromatic carbocycles. The lowest BCUT2D eigenvalue weighted by molar-refractivity contribution is -0.129. The molecule has 11 heteroatoms. The molecule has 2 fully saturated rings. The van der Waals surface area contributed by atoms with Crippen LogP contribution in [0.25, 0.3) is 11.1 Å². The van der Waals surface area contributed by atoms with Crippen molar-refractivity contribution in [2.75, 3.05) is 31.1 Å². The lowest BCUT2D eigenvalue weighted by atomic mass is 9.87. The van der Waals surface area contributed by atoms with E-state index < -0.39 is 6.43 Å². The number of alkyl halides is 2. The van der Waals surface area contributed by atoms with Crippen LogP contribution in [-0.4, -0.2) is 79.6 Å². The van der Waals surface area contributed by atoms with E-state index in [0.29, 0.717) is 54.9 Å². The third kappa shape index (κ3) is 6.21. The van der Waals surface area contributed by atoms with Gasteiger partial charge in [-0.05, 0) is 102 Å². The number of halogens is 2. The fourth-order valence-corrected chi connectivity index (χ4v) is 8.92. The van der Waals surface area contributed by atoms with Crippen LogP contribution in [0.2, 0.25) is 0 Å². The summed E-state index contributed by atoms with van der Waals surface area (Å²) in [6, 6.07) is 5.69. The van der Waals surface area contributed by atoms with Crippen LogP contribution in [0, 0.1) is 0 Å². The Morgan fingerprint density at radius 2 is 1.77 bits per heavy atom. The number of nitrogens with one attached hydrogen (secondary N) is 1. The van der Waals surface area contributed by atoms with Gasteiger partial charge in [-0.1, -0.05) is 0 Å². The summed E-state index contributed by atoms with van der Waals surface area (Å²) in [4.78, 5) is 19.4. The van der Waals surface area contributed by atoms with Crippen LogP contribution >= 0.6 is 0 Å². The Morgan fingerprint density at radius 1 is 1.02 bits per heavy atom. The number of benzene rings is 1. The Bertz CT molecular complexity index is 1580. The summed E-state index contributed by atoms with van der Waals surface area (Å²) < 4.78 is 33.2. The first-order valence-electron chi connectivity index (χ1n) is 17.7. The second-order valence-electron chi connectivity index (χ2n) is 14.4. The summed E-state index contributed by atoms with van der Waals surface area (Å²) >= 11 is 0. The van der Waals surface area contributed by atoms with Crippen molar-refractivity contribution < 1.29 is 13.6 Å². The van der Waals surface area contributed by atoms with Crippen LogP contribution in [0.1, 0.15) is 101 Å². The van der Waals surface area contributed by atoms with Crippen LogP contribution in [0.4, 0.5) is 20.3 Å². The summed E-state index contributed by atoms with van der Waals surface area (Å²) in [6.45, 7) is 10.4. The molecule has 5 heterocycles. The van der Waals surface area contributed by atoms with Crippen molar-refractivity contribution in [1.29, 1.82) is 0 Å². The van der Waals surface area contributed by atoms with Gasteiger partial charge in [0.05, 0.1) is 18.8 Å². The maximum Gasteiger partial charge on any atom is 0.264 e. The smallest absolute Gasteiger partial charge is 0.264 e. The topological polar surface area (TPSA) is 74.5 Å². The van der Waals surface area contributed by atoms with E-state index in [1.807, 2.05) is 11.0 Å². The van der Waals surface area contributed by atoms with Crippen LogP contribution in [0.3, 0.4) is 0 Å². The number of aryl methyl sites for hydroxylation is 2. The molecule has 9 nitrogen and oxygen atoms in total. The highest BCUT2D eigenvalue weighted by molar-refractivity contribution is 5.78. The predicted molar refractivity (Wildman–Crippen MR) is 180 cm³/mol. The molecule has 0 atom stereocenters. The molecule has 0 unspecified atom stereocenters. The van der Waals surface area contributed by atoms with Crippen molar-refractivity contribution in [3.05, 3.63) is 46.9 Å². The number of fused-ring (bicyclic) bond motifs is 2. The number of nitrogens with zero attached hydrogens (tertiary/aromatic N) is 7. The molecule has 3 aliphatic heterocycles. The standard InChI is InChI=1S/C36H50F2N8O/c1-23(2)45(28-11-14-39-15-12-28)27-7-9-29(10-8-27)46-33-13-17-43(24(3)47)22-32(33)36(41-46)44-16-5-6-25-18-30(26-20-40-42(4)21-26)31(35(37)38)19-34(25)44/h18-21,23,27-29,35,39H,5-17,22H2,1-4H3. The van der Waals surface area contributed by atoms with Crippen molar-refractivity contribution in [3.63, 3.8) is 0 Å². The second-order valence-corrected chi connectivity index (χ2v) is 14.4. The molecule has 1 N–H and O–H groups in total. The third-order valence-corrected chi connectivity index (χ3v) is 11.1. The van der Waals surface area contributed by atoms with E-state index in [-0.39, 0.29) is 11.5 Å². The molecule has 2 aromatic heterocycles. The molecule has 1 saturated carbocycles. The first kappa shape index (κ1) is 32.2. The van der Waals surface area contributed by atoms with Gasteiger partial charge in [0.1, 0.15) is 0 Å². The monoisotopic (exact) mass is 648 g/mol. The van der Waals surface area contributed by atoms with Gasteiger partial charge in [0.2, 0.25) is 5.91 Å². The molecular weight excluding hydrogens is 598 g/mol. The molecular formula is C36H50F2N8O. The average Bonchev–Trinajstić information content (AvgIpc) is 3.68. The minimum atomic E-state index is -2.62. The summed E-state index contributed by atoms with van der Waals surface area (Å²) in [6.07, 6.45) is 10.2. The van der Waals surface area contributed by atoms with Gasteiger partial charge < -0.3 is 15.1 Å². The van der Waals surface area contributed by atoms with Crippen molar-refractivity contribution >= 4 is 17.4 Å². The number of carbonyl (C=O) groups is 1. The van der Waals surface area contributed by atoms with E-state index in [0.717, 1.165) is 80.7 Å².